The molecule has 0 radical (unpaired) electrons. The van der Waals surface area contributed by atoms with Crippen LogP contribution in [0.5, 0.6) is 5.75 Å². The number of hydrogen-bond acceptors (Lipinski definition) is 4. The van der Waals surface area contributed by atoms with Gasteiger partial charge in [0.2, 0.25) is 0 Å². The Morgan fingerprint density at radius 3 is 2.96 bits per heavy atom. The molecule has 0 spiro atoms. The van der Waals surface area contributed by atoms with Crippen LogP contribution in [-0.2, 0) is 4.74 Å². The maximum atomic E-state index is 13.1. The van der Waals surface area contributed by atoms with Crippen LogP contribution in [0.25, 0.3) is 11.0 Å². The average Bonchev–Trinajstić information content (AvgIpc) is 3.38. The lowest BCUT2D eigenvalue weighted by Crippen LogP contribution is -2.40. The van der Waals surface area contributed by atoms with E-state index < -0.39 is 0 Å². The van der Waals surface area contributed by atoms with Gasteiger partial charge in [0.05, 0.1) is 30.0 Å². The molecule has 0 aliphatic carbocycles. The number of carbonyl (C=O) groups excluding carboxylic acids is 1. The van der Waals surface area contributed by atoms with E-state index in [9.17, 15) is 4.79 Å². The minimum atomic E-state index is -0.0151. The molecule has 1 fully saturated rings. The lowest BCUT2D eigenvalue weighted by molar-refractivity contribution is 0.0494. The highest BCUT2D eigenvalue weighted by molar-refractivity contribution is 5.97. The summed E-state index contributed by atoms with van der Waals surface area (Å²) in [5.41, 5.74) is 2.35. The van der Waals surface area contributed by atoms with Crippen LogP contribution >= 0.6 is 0 Å². The molecule has 1 N–H and O–H groups in total. The van der Waals surface area contributed by atoms with E-state index in [0.717, 1.165) is 36.2 Å². The van der Waals surface area contributed by atoms with Gasteiger partial charge in [0.15, 0.2) is 0 Å². The zero-order chi connectivity index (χ0) is 18.5. The summed E-state index contributed by atoms with van der Waals surface area (Å²) in [4.78, 5) is 22.2. The number of para-hydroxylation sites is 1. The molecule has 0 saturated carbocycles. The van der Waals surface area contributed by atoms with Crippen LogP contribution in [0.2, 0.25) is 0 Å². The summed E-state index contributed by atoms with van der Waals surface area (Å²) in [5.74, 6) is 0.791. The molecule has 2 heterocycles. The second-order valence-corrected chi connectivity index (χ2v) is 6.68. The Hall–Kier alpha value is -2.86. The fraction of sp³-hybridized carbons (Fsp3) is 0.333. The third-order valence-corrected chi connectivity index (χ3v) is 4.78. The van der Waals surface area contributed by atoms with E-state index in [-0.39, 0.29) is 12.0 Å². The predicted molar refractivity (Wildman–Crippen MR) is 103 cm³/mol. The van der Waals surface area contributed by atoms with Gasteiger partial charge in [-0.1, -0.05) is 18.2 Å². The predicted octanol–water partition coefficient (Wildman–Crippen LogP) is 3.26. The lowest BCUT2D eigenvalue weighted by Gasteiger charge is -2.25. The summed E-state index contributed by atoms with van der Waals surface area (Å²) in [6, 6.07) is 15.2. The molecule has 3 aromatic rings. The largest absolute Gasteiger partial charge is 0.492 e. The number of benzene rings is 2. The van der Waals surface area contributed by atoms with Crippen LogP contribution in [0, 0.1) is 0 Å². The van der Waals surface area contributed by atoms with Gasteiger partial charge in [-0.25, -0.2) is 4.98 Å². The van der Waals surface area contributed by atoms with Gasteiger partial charge in [-0.05, 0) is 43.2 Å². The molecule has 1 aromatic heterocycles. The number of nitrogens with zero attached hydrogens (tertiary/aromatic N) is 2. The molecule has 1 unspecified atom stereocenters. The molecule has 1 amide bonds. The average molecular weight is 365 g/mol. The molecule has 1 aliphatic rings. The molecule has 27 heavy (non-hydrogen) atoms. The van der Waals surface area contributed by atoms with Gasteiger partial charge in [-0.2, -0.15) is 0 Å². The monoisotopic (exact) mass is 365 g/mol. The van der Waals surface area contributed by atoms with Gasteiger partial charge < -0.3 is 19.4 Å². The molecule has 140 valence electrons. The maximum Gasteiger partial charge on any atom is 0.254 e. The minimum Gasteiger partial charge on any atom is -0.492 e. The Morgan fingerprint density at radius 1 is 1.26 bits per heavy atom. The molecule has 6 nitrogen and oxygen atoms in total. The number of ether oxygens (including phenoxy) is 2. The number of rotatable bonds is 7. The number of imidazole rings is 1. The standard InChI is InChI=1S/C21H23N3O3/c25-21(16-8-9-19-20(13-16)23-15-22-19)24(14-18-7-4-11-26-18)10-12-27-17-5-2-1-3-6-17/h1-3,5-6,8-9,13,15,18H,4,7,10-12,14H2,(H,22,23). The number of H-pyrrole nitrogens is 1. The van der Waals surface area contributed by atoms with Crippen LogP contribution in [-0.4, -0.2) is 53.2 Å². The highest BCUT2D eigenvalue weighted by Crippen LogP contribution is 2.17. The Balaban J connectivity index is 1.46. The van der Waals surface area contributed by atoms with Crippen molar-refractivity contribution in [2.75, 3.05) is 26.3 Å². The molecule has 0 bridgehead atoms. The molecule has 6 heteroatoms. The quantitative estimate of drug-likeness (QED) is 0.698. The summed E-state index contributed by atoms with van der Waals surface area (Å²) in [7, 11) is 0. The van der Waals surface area contributed by atoms with E-state index in [1.165, 1.54) is 0 Å². The summed E-state index contributed by atoms with van der Waals surface area (Å²) >= 11 is 0. The van der Waals surface area contributed by atoms with Gasteiger partial charge in [-0.15, -0.1) is 0 Å². The molecular formula is C21H23N3O3. The van der Waals surface area contributed by atoms with E-state index in [1.807, 2.05) is 53.4 Å². The third kappa shape index (κ3) is 4.28. The second-order valence-electron chi connectivity index (χ2n) is 6.68. The van der Waals surface area contributed by atoms with Crippen molar-refractivity contribution in [1.82, 2.24) is 14.9 Å². The number of aromatic amines is 1. The van der Waals surface area contributed by atoms with Crippen molar-refractivity contribution in [3.8, 4) is 5.75 Å². The molecule has 2 aromatic carbocycles. The minimum absolute atomic E-state index is 0.0151. The highest BCUT2D eigenvalue weighted by atomic mass is 16.5. The molecule has 1 saturated heterocycles. The van der Waals surface area contributed by atoms with E-state index in [1.54, 1.807) is 6.33 Å². The molecule has 4 rings (SSSR count). The topological polar surface area (TPSA) is 67.5 Å². The number of fused-ring (bicyclic) bond motifs is 1. The normalized spacial score (nSPS) is 16.5. The van der Waals surface area contributed by atoms with Gasteiger partial charge >= 0.3 is 0 Å². The number of hydrogen-bond donors (Lipinski definition) is 1. The first-order chi connectivity index (χ1) is 13.3. The van der Waals surface area contributed by atoms with Crippen LogP contribution in [0.15, 0.2) is 54.9 Å². The smallest absolute Gasteiger partial charge is 0.254 e. The Bertz CT molecular complexity index is 888. The van der Waals surface area contributed by atoms with Gasteiger partial charge in [0.1, 0.15) is 12.4 Å². The summed E-state index contributed by atoms with van der Waals surface area (Å²) in [6.07, 6.45) is 3.77. The van der Waals surface area contributed by atoms with Crippen molar-refractivity contribution in [3.05, 3.63) is 60.4 Å². The molecule has 1 aliphatic heterocycles. The van der Waals surface area contributed by atoms with Crippen LogP contribution in [0.4, 0.5) is 0 Å². The Morgan fingerprint density at radius 2 is 2.15 bits per heavy atom. The molecule has 1 atom stereocenters. The number of nitrogens with one attached hydrogen (secondary N) is 1. The Kier molecular flexibility index (Phi) is 5.34. The van der Waals surface area contributed by atoms with Crippen LogP contribution in [0.1, 0.15) is 23.2 Å². The zero-order valence-electron chi connectivity index (χ0n) is 15.1. The highest BCUT2D eigenvalue weighted by Gasteiger charge is 2.23. The first-order valence-corrected chi connectivity index (χ1v) is 9.31. The zero-order valence-corrected chi connectivity index (χ0v) is 15.1. The van der Waals surface area contributed by atoms with Gasteiger partial charge in [0.25, 0.3) is 5.91 Å². The van der Waals surface area contributed by atoms with E-state index in [2.05, 4.69) is 9.97 Å². The number of amides is 1. The first-order valence-electron chi connectivity index (χ1n) is 9.31. The van der Waals surface area contributed by atoms with Gasteiger partial charge in [0, 0.05) is 18.7 Å². The lowest BCUT2D eigenvalue weighted by atomic mass is 10.1. The number of carbonyl (C=O) groups is 1. The van der Waals surface area contributed by atoms with Crippen molar-refractivity contribution in [1.29, 1.82) is 0 Å². The SMILES string of the molecule is O=C(c1ccc2nc[nH]c2c1)N(CCOc1ccccc1)CC1CCCO1. The third-order valence-electron chi connectivity index (χ3n) is 4.78. The number of aromatic nitrogens is 2. The van der Waals surface area contributed by atoms with Crippen molar-refractivity contribution < 1.29 is 14.3 Å². The fourth-order valence-electron chi connectivity index (χ4n) is 3.35. The van der Waals surface area contributed by atoms with Crippen LogP contribution in [0.3, 0.4) is 0 Å². The first kappa shape index (κ1) is 17.5. The second kappa shape index (κ2) is 8.22. The van der Waals surface area contributed by atoms with Crippen molar-refractivity contribution in [2.24, 2.45) is 0 Å². The van der Waals surface area contributed by atoms with Gasteiger partial charge in [-0.3, -0.25) is 4.79 Å². The van der Waals surface area contributed by atoms with E-state index in [0.29, 0.717) is 25.3 Å². The summed E-state index contributed by atoms with van der Waals surface area (Å²) in [6.45, 7) is 2.30. The van der Waals surface area contributed by atoms with Crippen molar-refractivity contribution in [2.45, 2.75) is 18.9 Å². The summed E-state index contributed by atoms with van der Waals surface area (Å²) in [5, 5.41) is 0. The Labute approximate surface area is 158 Å². The maximum absolute atomic E-state index is 13.1. The molecular weight excluding hydrogens is 342 g/mol. The summed E-state index contributed by atoms with van der Waals surface area (Å²) < 4.78 is 11.5. The van der Waals surface area contributed by atoms with E-state index in [4.69, 9.17) is 9.47 Å². The van der Waals surface area contributed by atoms with Crippen molar-refractivity contribution >= 4 is 16.9 Å². The fourth-order valence-corrected chi connectivity index (χ4v) is 3.35. The van der Waals surface area contributed by atoms with Crippen LogP contribution < -0.4 is 4.74 Å². The van der Waals surface area contributed by atoms with E-state index >= 15 is 0 Å². The van der Waals surface area contributed by atoms with Crippen molar-refractivity contribution in [3.63, 3.8) is 0 Å².